The summed E-state index contributed by atoms with van der Waals surface area (Å²) >= 11 is 2.29. The number of sulfonamides is 1. The lowest BCUT2D eigenvalue weighted by atomic mass is 10.3. The van der Waals surface area contributed by atoms with Gasteiger partial charge in [-0.25, -0.2) is 18.1 Å². The predicted octanol–water partition coefficient (Wildman–Crippen LogP) is 1.62. The van der Waals surface area contributed by atoms with Gasteiger partial charge >= 0.3 is 5.97 Å². The second-order valence-corrected chi connectivity index (χ2v) is 8.55. The average molecular weight is 404 g/mol. The summed E-state index contributed by atoms with van der Waals surface area (Å²) in [5.41, 5.74) is 0.511. The van der Waals surface area contributed by atoms with E-state index < -0.39 is 10.0 Å². The van der Waals surface area contributed by atoms with Gasteiger partial charge in [-0.3, -0.25) is 9.59 Å². The zero-order valence-corrected chi connectivity index (χ0v) is 15.8. The maximum Gasteiger partial charge on any atom is 0.311 e. The first kappa shape index (κ1) is 19.5. The molecule has 0 saturated carbocycles. The Morgan fingerprint density at radius 3 is 2.80 bits per heavy atom. The van der Waals surface area contributed by atoms with Gasteiger partial charge in [0.15, 0.2) is 5.13 Å². The summed E-state index contributed by atoms with van der Waals surface area (Å²) in [6, 6.07) is 3.13. The first-order chi connectivity index (χ1) is 11.9. The summed E-state index contributed by atoms with van der Waals surface area (Å²) in [6.45, 7) is 2.00. The molecular weight excluding hydrogens is 386 g/mol. The third-order valence-electron chi connectivity index (χ3n) is 2.83. The Bertz CT molecular complexity index is 815. The van der Waals surface area contributed by atoms with Gasteiger partial charge in [-0.05, 0) is 18.4 Å². The average Bonchev–Trinajstić information content (AvgIpc) is 3.19. The number of aromatic nitrogens is 1. The van der Waals surface area contributed by atoms with Crippen LogP contribution in [0, 0.1) is 0 Å². The minimum absolute atomic E-state index is 0.0207. The SMILES string of the molecule is CCOC(=O)Cc1csc(NC(=O)CCNS(=O)(=O)c2cccs2)n1. The smallest absolute Gasteiger partial charge is 0.311 e. The van der Waals surface area contributed by atoms with Crippen LogP contribution in [-0.4, -0.2) is 38.4 Å². The first-order valence-corrected chi connectivity index (χ1v) is 10.6. The van der Waals surface area contributed by atoms with Gasteiger partial charge in [0.1, 0.15) is 4.21 Å². The highest BCUT2D eigenvalue weighted by Crippen LogP contribution is 2.17. The fraction of sp³-hybridized carbons (Fsp3) is 0.357. The van der Waals surface area contributed by atoms with Crippen molar-refractivity contribution in [2.75, 3.05) is 18.5 Å². The molecule has 0 saturated heterocycles. The summed E-state index contributed by atoms with van der Waals surface area (Å²) in [4.78, 5) is 27.3. The summed E-state index contributed by atoms with van der Waals surface area (Å²) in [7, 11) is -3.58. The molecule has 0 spiro atoms. The van der Waals surface area contributed by atoms with Gasteiger partial charge < -0.3 is 10.1 Å². The number of anilines is 1. The molecule has 136 valence electrons. The van der Waals surface area contributed by atoms with E-state index in [1.165, 1.54) is 17.4 Å². The van der Waals surface area contributed by atoms with Crippen LogP contribution in [0.25, 0.3) is 0 Å². The molecule has 0 atom stereocenters. The Balaban J connectivity index is 1.77. The van der Waals surface area contributed by atoms with E-state index in [1.807, 2.05) is 0 Å². The molecule has 0 aromatic carbocycles. The van der Waals surface area contributed by atoms with Crippen molar-refractivity contribution in [1.82, 2.24) is 9.71 Å². The number of carbonyl (C=O) groups excluding carboxylic acids is 2. The molecule has 25 heavy (non-hydrogen) atoms. The van der Waals surface area contributed by atoms with Crippen LogP contribution < -0.4 is 10.0 Å². The van der Waals surface area contributed by atoms with E-state index in [0.717, 1.165) is 11.3 Å². The number of hydrogen-bond donors (Lipinski definition) is 2. The van der Waals surface area contributed by atoms with Gasteiger partial charge in [-0.15, -0.1) is 22.7 Å². The molecule has 0 unspecified atom stereocenters. The predicted molar refractivity (Wildman–Crippen MR) is 95.2 cm³/mol. The second-order valence-electron chi connectivity index (χ2n) is 4.75. The maximum atomic E-state index is 11.9. The minimum Gasteiger partial charge on any atom is -0.466 e. The summed E-state index contributed by atoms with van der Waals surface area (Å²) in [5.74, 6) is -0.750. The number of amides is 1. The fourth-order valence-electron chi connectivity index (χ4n) is 1.77. The topological polar surface area (TPSA) is 114 Å². The van der Waals surface area contributed by atoms with Crippen molar-refractivity contribution in [3.63, 3.8) is 0 Å². The number of hydrogen-bond acceptors (Lipinski definition) is 8. The Morgan fingerprint density at radius 1 is 1.32 bits per heavy atom. The molecule has 1 amide bonds. The Labute approximate surface area is 153 Å². The highest BCUT2D eigenvalue weighted by Gasteiger charge is 2.15. The lowest BCUT2D eigenvalue weighted by Crippen LogP contribution is -2.27. The molecule has 2 heterocycles. The molecule has 2 aromatic heterocycles. The molecule has 0 aliphatic rings. The van der Waals surface area contributed by atoms with Crippen LogP contribution in [0.4, 0.5) is 5.13 Å². The highest BCUT2D eigenvalue weighted by molar-refractivity contribution is 7.91. The van der Waals surface area contributed by atoms with Gasteiger partial charge in [0.2, 0.25) is 15.9 Å². The second kappa shape index (κ2) is 9.04. The highest BCUT2D eigenvalue weighted by atomic mass is 32.2. The zero-order valence-electron chi connectivity index (χ0n) is 13.4. The maximum absolute atomic E-state index is 11.9. The molecular formula is C14H17N3O5S3. The van der Waals surface area contributed by atoms with Crippen LogP contribution in [-0.2, 0) is 30.8 Å². The van der Waals surface area contributed by atoms with Crippen molar-refractivity contribution in [3.05, 3.63) is 28.6 Å². The van der Waals surface area contributed by atoms with Gasteiger partial charge in [0.25, 0.3) is 0 Å². The third kappa shape index (κ3) is 6.20. The number of ether oxygens (including phenoxy) is 1. The zero-order chi connectivity index (χ0) is 18.3. The van der Waals surface area contributed by atoms with Crippen LogP contribution in [0.5, 0.6) is 0 Å². The van der Waals surface area contributed by atoms with Crippen LogP contribution >= 0.6 is 22.7 Å². The number of carbonyl (C=O) groups is 2. The van der Waals surface area contributed by atoms with Crippen molar-refractivity contribution in [1.29, 1.82) is 0 Å². The molecule has 0 bridgehead atoms. The van der Waals surface area contributed by atoms with Crippen molar-refractivity contribution in [2.45, 2.75) is 24.0 Å². The van der Waals surface area contributed by atoms with Crippen molar-refractivity contribution < 1.29 is 22.7 Å². The number of thiophene rings is 1. The van der Waals surface area contributed by atoms with Crippen LogP contribution in [0.1, 0.15) is 19.0 Å². The number of esters is 1. The first-order valence-electron chi connectivity index (χ1n) is 7.33. The van der Waals surface area contributed by atoms with Crippen molar-refractivity contribution in [2.24, 2.45) is 0 Å². The normalized spacial score (nSPS) is 11.2. The molecule has 11 heteroatoms. The van der Waals surface area contributed by atoms with Gasteiger partial charge in [-0.1, -0.05) is 6.07 Å². The van der Waals surface area contributed by atoms with Crippen LogP contribution in [0.15, 0.2) is 27.1 Å². The molecule has 0 radical (unpaired) electrons. The van der Waals surface area contributed by atoms with E-state index in [4.69, 9.17) is 4.74 Å². The number of thiazole rings is 1. The Kier molecular flexibility index (Phi) is 7.05. The molecule has 0 fully saturated rings. The number of rotatable bonds is 9. The van der Waals surface area contributed by atoms with Gasteiger partial charge in [-0.2, -0.15) is 0 Å². The molecule has 8 nitrogen and oxygen atoms in total. The fourth-order valence-corrected chi connectivity index (χ4v) is 4.57. The Morgan fingerprint density at radius 2 is 2.12 bits per heavy atom. The molecule has 2 rings (SSSR count). The molecule has 2 N–H and O–H groups in total. The Hall–Kier alpha value is -1.82. The van der Waals surface area contributed by atoms with E-state index in [1.54, 1.807) is 23.8 Å². The van der Waals surface area contributed by atoms with E-state index >= 15 is 0 Å². The quantitative estimate of drug-likeness (QED) is 0.615. The number of nitrogens with zero attached hydrogens (tertiary/aromatic N) is 1. The minimum atomic E-state index is -3.58. The lowest BCUT2D eigenvalue weighted by Gasteiger charge is -2.04. The largest absolute Gasteiger partial charge is 0.466 e. The standard InChI is InChI=1S/C14H17N3O5S3/c1-2-22-12(19)8-10-9-24-14(16-10)17-11(18)5-6-15-25(20,21)13-4-3-7-23-13/h3-4,7,9,15H,2,5-6,8H2,1H3,(H,16,17,18). The number of nitrogens with one attached hydrogen (secondary N) is 2. The molecule has 0 aliphatic carbocycles. The van der Waals surface area contributed by atoms with Crippen molar-refractivity contribution in [3.8, 4) is 0 Å². The monoisotopic (exact) mass is 403 g/mol. The molecule has 2 aromatic rings. The van der Waals surface area contributed by atoms with Gasteiger partial charge in [0.05, 0.1) is 18.7 Å². The van der Waals surface area contributed by atoms with Gasteiger partial charge in [0, 0.05) is 18.3 Å². The lowest BCUT2D eigenvalue weighted by molar-refractivity contribution is -0.142. The molecule has 0 aliphatic heterocycles. The van der Waals surface area contributed by atoms with Crippen LogP contribution in [0.2, 0.25) is 0 Å². The summed E-state index contributed by atoms with van der Waals surface area (Å²) in [5, 5.41) is 6.25. The van der Waals surface area contributed by atoms with Crippen LogP contribution in [0.3, 0.4) is 0 Å². The van der Waals surface area contributed by atoms with E-state index in [2.05, 4.69) is 15.0 Å². The van der Waals surface area contributed by atoms with E-state index in [-0.39, 0.29) is 35.5 Å². The third-order valence-corrected chi connectivity index (χ3v) is 6.50. The summed E-state index contributed by atoms with van der Waals surface area (Å²) in [6.07, 6.45) is 0.0121. The van der Waals surface area contributed by atoms with Crippen molar-refractivity contribution >= 4 is 49.7 Å². The van der Waals surface area contributed by atoms with E-state index in [0.29, 0.717) is 17.4 Å². The summed E-state index contributed by atoms with van der Waals surface area (Å²) < 4.78 is 31.2. The van der Waals surface area contributed by atoms with E-state index in [9.17, 15) is 18.0 Å².